The second-order valence-electron chi connectivity index (χ2n) is 3.32. The third-order valence-corrected chi connectivity index (χ3v) is 1.60. The summed E-state index contributed by atoms with van der Waals surface area (Å²) in [4.78, 5) is 12.1. The molecule has 0 saturated carbocycles. The predicted octanol–water partition coefficient (Wildman–Crippen LogP) is 1.09. The molecular formula is C9H15N3O2. The maximum atomic E-state index is 4.94. The van der Waals surface area contributed by atoms with Crippen LogP contribution in [0, 0.1) is 5.92 Å². The van der Waals surface area contributed by atoms with E-state index in [1.54, 1.807) is 0 Å². The minimum Gasteiger partial charge on any atom is -0.467 e. The summed E-state index contributed by atoms with van der Waals surface area (Å²) in [5, 5.41) is 0. The zero-order valence-corrected chi connectivity index (χ0v) is 8.94. The van der Waals surface area contributed by atoms with Crippen molar-refractivity contribution in [2.45, 2.75) is 20.3 Å². The van der Waals surface area contributed by atoms with Gasteiger partial charge in [-0.1, -0.05) is 13.8 Å². The zero-order chi connectivity index (χ0) is 10.6. The fourth-order valence-corrected chi connectivity index (χ4v) is 1.02. The highest BCUT2D eigenvalue weighted by molar-refractivity contribution is 5.05. The fourth-order valence-electron chi connectivity index (χ4n) is 1.02. The van der Waals surface area contributed by atoms with Gasteiger partial charge in [0.25, 0.3) is 0 Å². The summed E-state index contributed by atoms with van der Waals surface area (Å²) >= 11 is 0. The Morgan fingerprint density at radius 1 is 1.00 bits per heavy atom. The first-order valence-electron chi connectivity index (χ1n) is 4.48. The molecule has 14 heavy (non-hydrogen) atoms. The first-order chi connectivity index (χ1) is 6.65. The molecule has 0 N–H and O–H groups in total. The van der Waals surface area contributed by atoms with Gasteiger partial charge in [-0.2, -0.15) is 9.97 Å². The third-order valence-electron chi connectivity index (χ3n) is 1.60. The maximum Gasteiger partial charge on any atom is 0.322 e. The second kappa shape index (κ2) is 4.74. The van der Waals surface area contributed by atoms with Crippen LogP contribution in [-0.2, 0) is 6.42 Å². The van der Waals surface area contributed by atoms with E-state index in [0.717, 1.165) is 6.42 Å². The molecular weight excluding hydrogens is 182 g/mol. The SMILES string of the molecule is COc1nc(CC(C)C)nc(OC)n1. The van der Waals surface area contributed by atoms with Gasteiger partial charge in [0.1, 0.15) is 5.82 Å². The van der Waals surface area contributed by atoms with Crippen molar-refractivity contribution in [2.24, 2.45) is 5.92 Å². The standard InChI is InChI=1S/C9H15N3O2/c1-6(2)5-7-10-8(13-3)12-9(11-7)14-4/h6H,5H2,1-4H3. The monoisotopic (exact) mass is 197 g/mol. The number of ether oxygens (including phenoxy) is 2. The molecule has 0 spiro atoms. The summed E-state index contributed by atoms with van der Waals surface area (Å²) in [6.45, 7) is 4.20. The van der Waals surface area contributed by atoms with E-state index >= 15 is 0 Å². The average Bonchev–Trinajstić information content (AvgIpc) is 2.16. The van der Waals surface area contributed by atoms with Crippen LogP contribution in [0.25, 0.3) is 0 Å². The largest absolute Gasteiger partial charge is 0.467 e. The molecule has 0 aliphatic rings. The summed E-state index contributed by atoms with van der Waals surface area (Å²) in [6.07, 6.45) is 0.787. The lowest BCUT2D eigenvalue weighted by atomic mass is 10.1. The molecule has 0 fully saturated rings. The lowest BCUT2D eigenvalue weighted by Crippen LogP contribution is -2.06. The van der Waals surface area contributed by atoms with Crippen molar-refractivity contribution < 1.29 is 9.47 Å². The molecule has 0 aliphatic carbocycles. The molecule has 0 amide bonds. The fraction of sp³-hybridized carbons (Fsp3) is 0.667. The Morgan fingerprint density at radius 3 is 1.86 bits per heavy atom. The number of nitrogens with zero attached hydrogens (tertiary/aromatic N) is 3. The Morgan fingerprint density at radius 2 is 1.50 bits per heavy atom. The van der Waals surface area contributed by atoms with Gasteiger partial charge in [0.05, 0.1) is 14.2 Å². The van der Waals surface area contributed by atoms with Crippen molar-refractivity contribution in [3.05, 3.63) is 5.82 Å². The van der Waals surface area contributed by atoms with Crippen LogP contribution in [0.5, 0.6) is 12.0 Å². The Labute approximate surface area is 83.5 Å². The van der Waals surface area contributed by atoms with Crippen molar-refractivity contribution in [3.63, 3.8) is 0 Å². The van der Waals surface area contributed by atoms with E-state index < -0.39 is 0 Å². The van der Waals surface area contributed by atoms with E-state index in [9.17, 15) is 0 Å². The summed E-state index contributed by atoms with van der Waals surface area (Å²) in [5.74, 6) is 1.19. The van der Waals surface area contributed by atoms with Crippen LogP contribution in [0.1, 0.15) is 19.7 Å². The normalized spacial score (nSPS) is 10.4. The summed E-state index contributed by atoms with van der Waals surface area (Å²) < 4.78 is 9.87. The molecule has 78 valence electrons. The average molecular weight is 197 g/mol. The summed E-state index contributed by atoms with van der Waals surface area (Å²) in [5.41, 5.74) is 0. The van der Waals surface area contributed by atoms with Crippen molar-refractivity contribution in [3.8, 4) is 12.0 Å². The number of methoxy groups -OCH3 is 2. The van der Waals surface area contributed by atoms with Crippen LogP contribution < -0.4 is 9.47 Å². The van der Waals surface area contributed by atoms with Crippen LogP contribution in [-0.4, -0.2) is 29.2 Å². The van der Waals surface area contributed by atoms with Gasteiger partial charge in [-0.15, -0.1) is 4.98 Å². The molecule has 0 saturated heterocycles. The molecule has 1 aromatic heterocycles. The molecule has 0 bridgehead atoms. The minimum atomic E-state index is 0.299. The van der Waals surface area contributed by atoms with E-state index in [4.69, 9.17) is 9.47 Å². The molecule has 1 aromatic rings. The van der Waals surface area contributed by atoms with Gasteiger partial charge in [-0.3, -0.25) is 0 Å². The first kappa shape index (κ1) is 10.7. The number of hydrogen-bond donors (Lipinski definition) is 0. The predicted molar refractivity (Wildman–Crippen MR) is 51.5 cm³/mol. The quantitative estimate of drug-likeness (QED) is 0.723. The number of rotatable bonds is 4. The van der Waals surface area contributed by atoms with Crippen LogP contribution in [0.15, 0.2) is 0 Å². The van der Waals surface area contributed by atoms with Gasteiger partial charge in [-0.05, 0) is 5.92 Å². The van der Waals surface area contributed by atoms with E-state index in [1.165, 1.54) is 14.2 Å². The molecule has 0 atom stereocenters. The Balaban J connectivity index is 2.92. The zero-order valence-electron chi connectivity index (χ0n) is 8.94. The summed E-state index contributed by atoms with van der Waals surface area (Å²) in [7, 11) is 3.04. The molecule has 1 rings (SSSR count). The molecule has 0 aliphatic heterocycles. The van der Waals surface area contributed by atoms with E-state index in [0.29, 0.717) is 23.8 Å². The van der Waals surface area contributed by atoms with Gasteiger partial charge < -0.3 is 9.47 Å². The number of hydrogen-bond acceptors (Lipinski definition) is 5. The molecule has 5 heteroatoms. The Bertz CT molecular complexity index is 280. The van der Waals surface area contributed by atoms with Gasteiger partial charge in [-0.25, -0.2) is 0 Å². The van der Waals surface area contributed by atoms with Crippen LogP contribution in [0.4, 0.5) is 0 Å². The van der Waals surface area contributed by atoms with Gasteiger partial charge >= 0.3 is 12.0 Å². The van der Waals surface area contributed by atoms with Crippen molar-refractivity contribution in [2.75, 3.05) is 14.2 Å². The van der Waals surface area contributed by atoms with E-state index in [1.807, 2.05) is 0 Å². The van der Waals surface area contributed by atoms with E-state index in [-0.39, 0.29) is 0 Å². The highest BCUT2D eigenvalue weighted by atomic mass is 16.5. The second-order valence-corrected chi connectivity index (χ2v) is 3.32. The van der Waals surface area contributed by atoms with Crippen LogP contribution in [0.3, 0.4) is 0 Å². The Kier molecular flexibility index (Phi) is 3.62. The summed E-state index contributed by atoms with van der Waals surface area (Å²) in [6, 6.07) is 0.597. The minimum absolute atomic E-state index is 0.299. The highest BCUT2D eigenvalue weighted by Gasteiger charge is 2.08. The topological polar surface area (TPSA) is 57.1 Å². The van der Waals surface area contributed by atoms with Crippen molar-refractivity contribution in [1.82, 2.24) is 15.0 Å². The molecule has 0 unspecified atom stereocenters. The Hall–Kier alpha value is -1.39. The highest BCUT2D eigenvalue weighted by Crippen LogP contribution is 2.11. The van der Waals surface area contributed by atoms with Crippen LogP contribution in [0.2, 0.25) is 0 Å². The van der Waals surface area contributed by atoms with Crippen LogP contribution >= 0.6 is 0 Å². The maximum absolute atomic E-state index is 4.94. The lowest BCUT2D eigenvalue weighted by Gasteiger charge is -2.06. The molecule has 1 heterocycles. The van der Waals surface area contributed by atoms with Gasteiger partial charge in [0.15, 0.2) is 0 Å². The van der Waals surface area contributed by atoms with Crippen molar-refractivity contribution >= 4 is 0 Å². The first-order valence-corrected chi connectivity index (χ1v) is 4.48. The third kappa shape index (κ3) is 2.83. The van der Waals surface area contributed by atoms with Gasteiger partial charge in [0, 0.05) is 6.42 Å². The van der Waals surface area contributed by atoms with E-state index in [2.05, 4.69) is 28.8 Å². The molecule has 0 aromatic carbocycles. The van der Waals surface area contributed by atoms with Gasteiger partial charge in [0.2, 0.25) is 0 Å². The smallest absolute Gasteiger partial charge is 0.322 e. The molecule has 0 radical (unpaired) electrons. The lowest BCUT2D eigenvalue weighted by molar-refractivity contribution is 0.335. The van der Waals surface area contributed by atoms with Crippen molar-refractivity contribution in [1.29, 1.82) is 0 Å². The molecule has 5 nitrogen and oxygen atoms in total. The number of aromatic nitrogens is 3.